The van der Waals surface area contributed by atoms with Gasteiger partial charge in [-0.2, -0.15) is 0 Å². The van der Waals surface area contributed by atoms with E-state index in [9.17, 15) is 4.79 Å². The van der Waals surface area contributed by atoms with Crippen LogP contribution in [0.15, 0.2) is 30.3 Å². The number of rotatable bonds is 8. The number of carbonyl (C=O) groups is 1. The molecule has 2 fully saturated rings. The lowest BCUT2D eigenvalue weighted by Gasteiger charge is -2.39. The summed E-state index contributed by atoms with van der Waals surface area (Å²) in [6.45, 7) is 2.76. The number of methoxy groups -OCH3 is 1. The fourth-order valence-electron chi connectivity index (χ4n) is 4.10. The molecule has 5 heteroatoms. The topological polar surface area (TPSA) is 53.6 Å². The first-order valence-electron chi connectivity index (χ1n) is 9.05. The predicted octanol–water partition coefficient (Wildman–Crippen LogP) is 1.53. The molecule has 0 spiro atoms. The fourth-order valence-corrected chi connectivity index (χ4v) is 4.10. The van der Waals surface area contributed by atoms with Crippen molar-refractivity contribution >= 4 is 5.91 Å². The zero-order valence-corrected chi connectivity index (χ0v) is 14.5. The third kappa shape index (κ3) is 4.56. The van der Waals surface area contributed by atoms with Crippen molar-refractivity contribution in [2.75, 3.05) is 26.8 Å². The third-order valence-electron chi connectivity index (χ3n) is 5.23. The molecule has 1 aromatic rings. The number of fused-ring (bicyclic) bond motifs is 2. The van der Waals surface area contributed by atoms with E-state index in [0.29, 0.717) is 37.8 Å². The predicted molar refractivity (Wildman–Crippen MR) is 94.7 cm³/mol. The highest BCUT2D eigenvalue weighted by Crippen LogP contribution is 2.36. The molecule has 132 valence electrons. The van der Waals surface area contributed by atoms with Crippen LogP contribution in [0.5, 0.6) is 0 Å². The molecule has 2 saturated heterocycles. The third-order valence-corrected chi connectivity index (χ3v) is 5.23. The van der Waals surface area contributed by atoms with Gasteiger partial charge in [0.15, 0.2) is 0 Å². The second kappa shape index (κ2) is 8.60. The lowest BCUT2D eigenvalue weighted by atomic mass is 9.96. The molecule has 24 heavy (non-hydrogen) atoms. The van der Waals surface area contributed by atoms with Crippen LogP contribution < -0.4 is 10.6 Å². The van der Waals surface area contributed by atoms with Gasteiger partial charge in [-0.1, -0.05) is 30.3 Å². The first kappa shape index (κ1) is 17.4. The van der Waals surface area contributed by atoms with Gasteiger partial charge >= 0.3 is 0 Å². The average molecular weight is 331 g/mol. The quantitative estimate of drug-likeness (QED) is 0.710. The van der Waals surface area contributed by atoms with E-state index in [4.69, 9.17) is 4.74 Å². The molecule has 1 amide bonds. The van der Waals surface area contributed by atoms with Gasteiger partial charge in [-0.05, 0) is 31.2 Å². The monoisotopic (exact) mass is 331 g/mol. The van der Waals surface area contributed by atoms with Crippen molar-refractivity contribution in [3.8, 4) is 0 Å². The van der Waals surface area contributed by atoms with Crippen LogP contribution in [0.25, 0.3) is 0 Å². The van der Waals surface area contributed by atoms with Crippen molar-refractivity contribution in [2.45, 2.75) is 50.4 Å². The molecule has 0 saturated carbocycles. The summed E-state index contributed by atoms with van der Waals surface area (Å²) in [5.41, 5.74) is 1.39. The fraction of sp³-hybridized carbons (Fsp3) is 0.632. The van der Waals surface area contributed by atoms with Gasteiger partial charge in [-0.25, -0.2) is 0 Å². The number of piperidine rings is 1. The smallest absolute Gasteiger partial charge is 0.234 e. The number of nitrogens with one attached hydrogen (secondary N) is 2. The van der Waals surface area contributed by atoms with Crippen molar-refractivity contribution in [1.82, 2.24) is 15.5 Å². The number of ether oxygens (including phenoxy) is 1. The van der Waals surface area contributed by atoms with Crippen molar-refractivity contribution in [3.63, 3.8) is 0 Å². The number of hydrogen-bond acceptors (Lipinski definition) is 4. The summed E-state index contributed by atoms with van der Waals surface area (Å²) in [5.74, 6) is 0.104. The van der Waals surface area contributed by atoms with Crippen LogP contribution in [0.2, 0.25) is 0 Å². The first-order valence-corrected chi connectivity index (χ1v) is 9.05. The van der Waals surface area contributed by atoms with Crippen LogP contribution >= 0.6 is 0 Å². The Labute approximate surface area is 144 Å². The van der Waals surface area contributed by atoms with Gasteiger partial charge in [0.05, 0.1) is 13.2 Å². The van der Waals surface area contributed by atoms with Gasteiger partial charge < -0.3 is 15.4 Å². The van der Waals surface area contributed by atoms with E-state index < -0.39 is 0 Å². The highest BCUT2D eigenvalue weighted by molar-refractivity contribution is 5.78. The molecule has 3 rings (SSSR count). The summed E-state index contributed by atoms with van der Waals surface area (Å²) in [6.07, 6.45) is 4.67. The van der Waals surface area contributed by atoms with E-state index >= 15 is 0 Å². The van der Waals surface area contributed by atoms with Gasteiger partial charge in [0.25, 0.3) is 0 Å². The van der Waals surface area contributed by atoms with Crippen LogP contribution in [0.1, 0.15) is 31.2 Å². The Morgan fingerprint density at radius 3 is 2.58 bits per heavy atom. The molecule has 2 unspecified atom stereocenters. The number of nitrogens with zero attached hydrogens (tertiary/aromatic N) is 1. The van der Waals surface area contributed by atoms with E-state index in [1.54, 1.807) is 7.11 Å². The van der Waals surface area contributed by atoms with Crippen LogP contribution in [-0.4, -0.2) is 55.7 Å². The van der Waals surface area contributed by atoms with Gasteiger partial charge in [-0.3, -0.25) is 9.69 Å². The Hall–Kier alpha value is -1.43. The Balaban J connectivity index is 1.45. The molecule has 2 N–H and O–H groups in total. The second-order valence-electron chi connectivity index (χ2n) is 6.95. The molecule has 1 aromatic carbocycles. The maximum atomic E-state index is 12.1. The first-order chi connectivity index (χ1) is 11.8. The highest BCUT2D eigenvalue weighted by atomic mass is 16.5. The van der Waals surface area contributed by atoms with Crippen molar-refractivity contribution in [3.05, 3.63) is 35.9 Å². The lowest BCUT2D eigenvalue weighted by Crippen LogP contribution is -2.51. The number of carbonyl (C=O) groups excluding carboxylic acids is 1. The molecule has 5 nitrogen and oxygen atoms in total. The summed E-state index contributed by atoms with van der Waals surface area (Å²) >= 11 is 0. The van der Waals surface area contributed by atoms with E-state index in [0.717, 1.165) is 19.4 Å². The number of hydrogen-bond donors (Lipinski definition) is 2. The summed E-state index contributed by atoms with van der Waals surface area (Å²) in [6, 6.07) is 12.2. The van der Waals surface area contributed by atoms with Gasteiger partial charge in [-0.15, -0.1) is 0 Å². The van der Waals surface area contributed by atoms with Crippen LogP contribution in [-0.2, 0) is 16.1 Å². The lowest BCUT2D eigenvalue weighted by molar-refractivity contribution is -0.121. The number of amides is 1. The second-order valence-corrected chi connectivity index (χ2v) is 6.95. The minimum Gasteiger partial charge on any atom is -0.383 e. The van der Waals surface area contributed by atoms with Gasteiger partial charge in [0.1, 0.15) is 0 Å². The minimum absolute atomic E-state index is 0.104. The van der Waals surface area contributed by atoms with Crippen LogP contribution in [0.3, 0.4) is 0 Å². The Bertz CT molecular complexity index is 509. The van der Waals surface area contributed by atoms with Gasteiger partial charge in [0, 0.05) is 38.3 Å². The van der Waals surface area contributed by atoms with Crippen molar-refractivity contribution < 1.29 is 9.53 Å². The molecule has 2 aliphatic heterocycles. The largest absolute Gasteiger partial charge is 0.383 e. The molecule has 2 heterocycles. The molecule has 0 aliphatic carbocycles. The van der Waals surface area contributed by atoms with E-state index in [1.165, 1.54) is 18.4 Å². The van der Waals surface area contributed by atoms with Gasteiger partial charge in [0.2, 0.25) is 5.91 Å². The zero-order chi connectivity index (χ0) is 16.8. The standard InChI is InChI=1S/C19H29N3O2/c1-24-10-9-20-13-19(23)21-16-11-17-7-8-18(12-16)22(17)14-15-5-3-2-4-6-15/h2-6,16-18,20H,7-14H2,1H3,(H,21,23). The molecule has 2 aliphatic rings. The highest BCUT2D eigenvalue weighted by Gasteiger charge is 2.40. The van der Waals surface area contributed by atoms with Crippen molar-refractivity contribution in [2.24, 2.45) is 0 Å². The van der Waals surface area contributed by atoms with E-state index in [1.807, 2.05) is 0 Å². The minimum atomic E-state index is 0.104. The zero-order valence-electron chi connectivity index (χ0n) is 14.5. The Kier molecular flexibility index (Phi) is 6.24. The SMILES string of the molecule is COCCNCC(=O)NC1CC2CCC(C1)N2Cc1ccccc1. The average Bonchev–Trinajstić information content (AvgIpc) is 2.82. The molecule has 0 aromatic heterocycles. The number of benzene rings is 1. The van der Waals surface area contributed by atoms with E-state index in [-0.39, 0.29) is 5.91 Å². The summed E-state index contributed by atoms with van der Waals surface area (Å²) < 4.78 is 4.97. The molecule has 2 atom stereocenters. The van der Waals surface area contributed by atoms with Crippen molar-refractivity contribution in [1.29, 1.82) is 0 Å². The molecule has 0 radical (unpaired) electrons. The Morgan fingerprint density at radius 1 is 1.21 bits per heavy atom. The molecular formula is C19H29N3O2. The van der Waals surface area contributed by atoms with E-state index in [2.05, 4.69) is 45.9 Å². The Morgan fingerprint density at radius 2 is 1.92 bits per heavy atom. The maximum Gasteiger partial charge on any atom is 0.234 e. The normalized spacial score (nSPS) is 26.5. The van der Waals surface area contributed by atoms with Crippen LogP contribution in [0, 0.1) is 0 Å². The maximum absolute atomic E-state index is 12.1. The summed E-state index contributed by atoms with van der Waals surface area (Å²) in [5, 5.41) is 6.32. The molecular weight excluding hydrogens is 302 g/mol. The summed E-state index contributed by atoms with van der Waals surface area (Å²) in [4.78, 5) is 14.7. The molecule has 2 bridgehead atoms. The van der Waals surface area contributed by atoms with Crippen LogP contribution in [0.4, 0.5) is 0 Å². The summed E-state index contributed by atoms with van der Waals surface area (Å²) in [7, 11) is 1.67.